The zero-order valence-corrected chi connectivity index (χ0v) is 16.8. The molecule has 2 aromatic carbocycles. The van der Waals surface area contributed by atoms with Crippen molar-refractivity contribution < 1.29 is 14.3 Å². The van der Waals surface area contributed by atoms with Crippen molar-refractivity contribution in [1.82, 2.24) is 14.9 Å². The third kappa shape index (κ3) is 4.49. The fourth-order valence-electron chi connectivity index (χ4n) is 2.42. The van der Waals surface area contributed by atoms with Crippen LogP contribution in [0.15, 0.2) is 47.6 Å². The molecule has 28 heavy (non-hydrogen) atoms. The van der Waals surface area contributed by atoms with Gasteiger partial charge in [-0.25, -0.2) is 4.68 Å². The highest BCUT2D eigenvalue weighted by Crippen LogP contribution is 2.29. The molecule has 1 heterocycles. The molecule has 0 spiro atoms. The van der Waals surface area contributed by atoms with Crippen LogP contribution in [0.25, 0.3) is 11.4 Å². The number of anilines is 1. The van der Waals surface area contributed by atoms with E-state index in [2.05, 4.69) is 15.5 Å². The van der Waals surface area contributed by atoms with Crippen LogP contribution in [0.5, 0.6) is 11.5 Å². The molecule has 1 amide bonds. The first kappa shape index (κ1) is 19.8. The van der Waals surface area contributed by atoms with E-state index >= 15 is 0 Å². The van der Waals surface area contributed by atoms with Crippen LogP contribution in [0.2, 0.25) is 5.02 Å². The number of aromatic nitrogens is 3. The fraction of sp³-hybridized carbons (Fsp3) is 0.167. The fourth-order valence-corrected chi connectivity index (χ4v) is 3.26. The number of carbonyl (C=O) groups is 1. The number of amides is 1. The molecule has 0 unspecified atom stereocenters. The quantitative estimate of drug-likeness (QED) is 0.448. The SMILES string of the molecule is COc1ccc(NC(=O)CSc2nnc(-c3cccc(Cl)c3)n2N)c(OC)c1. The van der Waals surface area contributed by atoms with E-state index in [1.165, 1.54) is 23.5 Å². The van der Waals surface area contributed by atoms with Crippen LogP contribution in [-0.4, -0.2) is 40.8 Å². The van der Waals surface area contributed by atoms with Crippen molar-refractivity contribution in [1.29, 1.82) is 0 Å². The average Bonchev–Trinajstić information content (AvgIpc) is 3.07. The van der Waals surface area contributed by atoms with E-state index in [1.54, 1.807) is 43.5 Å². The summed E-state index contributed by atoms with van der Waals surface area (Å²) >= 11 is 7.17. The Morgan fingerprint density at radius 2 is 2.04 bits per heavy atom. The highest BCUT2D eigenvalue weighted by Gasteiger charge is 2.15. The highest BCUT2D eigenvalue weighted by atomic mass is 35.5. The Morgan fingerprint density at radius 1 is 1.21 bits per heavy atom. The van der Waals surface area contributed by atoms with Crippen LogP contribution in [0.1, 0.15) is 0 Å². The van der Waals surface area contributed by atoms with Gasteiger partial charge in [-0.1, -0.05) is 35.5 Å². The standard InChI is InChI=1S/C18H18ClN5O3S/c1-26-13-6-7-14(15(9-13)27-2)21-16(25)10-28-18-23-22-17(24(18)20)11-4-3-5-12(19)8-11/h3-9H,10,20H2,1-2H3,(H,21,25). The molecule has 1 aromatic heterocycles. The molecular weight excluding hydrogens is 402 g/mol. The lowest BCUT2D eigenvalue weighted by atomic mass is 10.2. The molecular formula is C18H18ClN5O3S. The van der Waals surface area contributed by atoms with Crippen LogP contribution in [0, 0.1) is 0 Å². The van der Waals surface area contributed by atoms with E-state index < -0.39 is 0 Å². The number of halogens is 1. The topological polar surface area (TPSA) is 104 Å². The summed E-state index contributed by atoms with van der Waals surface area (Å²) in [5.41, 5.74) is 1.28. The molecule has 146 valence electrons. The van der Waals surface area contributed by atoms with Crippen LogP contribution >= 0.6 is 23.4 Å². The van der Waals surface area contributed by atoms with Gasteiger partial charge in [0, 0.05) is 16.7 Å². The van der Waals surface area contributed by atoms with Crippen molar-refractivity contribution in [3.05, 3.63) is 47.5 Å². The first-order valence-corrected chi connectivity index (χ1v) is 9.49. The Labute approximate surface area is 171 Å². The van der Waals surface area contributed by atoms with Crippen LogP contribution < -0.4 is 20.6 Å². The van der Waals surface area contributed by atoms with Crippen molar-refractivity contribution in [2.45, 2.75) is 5.16 Å². The Balaban J connectivity index is 1.66. The number of carbonyl (C=O) groups excluding carboxylic acids is 1. The van der Waals surface area contributed by atoms with Gasteiger partial charge in [0.1, 0.15) is 11.5 Å². The minimum Gasteiger partial charge on any atom is -0.497 e. The smallest absolute Gasteiger partial charge is 0.234 e. The molecule has 10 heteroatoms. The minimum atomic E-state index is -0.235. The molecule has 0 atom stereocenters. The lowest BCUT2D eigenvalue weighted by molar-refractivity contribution is -0.113. The van der Waals surface area contributed by atoms with Gasteiger partial charge in [0.15, 0.2) is 5.82 Å². The molecule has 0 saturated heterocycles. The van der Waals surface area contributed by atoms with Crippen molar-refractivity contribution >= 4 is 35.0 Å². The number of methoxy groups -OCH3 is 2. The number of nitrogen functional groups attached to an aromatic ring is 1. The number of hydrogen-bond donors (Lipinski definition) is 2. The first-order chi connectivity index (χ1) is 13.5. The Hall–Kier alpha value is -2.91. The van der Waals surface area contributed by atoms with E-state index in [0.717, 1.165) is 5.56 Å². The molecule has 3 rings (SSSR count). The van der Waals surface area contributed by atoms with Gasteiger partial charge in [-0.15, -0.1) is 10.2 Å². The van der Waals surface area contributed by atoms with E-state index in [-0.39, 0.29) is 11.7 Å². The Morgan fingerprint density at radius 3 is 2.75 bits per heavy atom. The zero-order chi connectivity index (χ0) is 20.1. The second kappa shape index (κ2) is 8.85. The molecule has 0 saturated carbocycles. The first-order valence-electron chi connectivity index (χ1n) is 8.13. The molecule has 0 aliphatic heterocycles. The van der Waals surface area contributed by atoms with Crippen LogP contribution in [-0.2, 0) is 4.79 Å². The van der Waals surface area contributed by atoms with Crippen LogP contribution in [0.4, 0.5) is 5.69 Å². The summed E-state index contributed by atoms with van der Waals surface area (Å²) in [6.07, 6.45) is 0. The summed E-state index contributed by atoms with van der Waals surface area (Å²) in [5, 5.41) is 11.9. The van der Waals surface area contributed by atoms with Gasteiger partial charge >= 0.3 is 0 Å². The van der Waals surface area contributed by atoms with Gasteiger partial charge in [-0.3, -0.25) is 4.79 Å². The molecule has 3 N–H and O–H groups in total. The molecule has 0 radical (unpaired) electrons. The molecule has 0 aliphatic carbocycles. The van der Waals surface area contributed by atoms with Crippen LogP contribution in [0.3, 0.4) is 0 Å². The van der Waals surface area contributed by atoms with Gasteiger partial charge in [-0.05, 0) is 24.3 Å². The van der Waals surface area contributed by atoms with Gasteiger partial charge in [-0.2, -0.15) is 0 Å². The number of hydrogen-bond acceptors (Lipinski definition) is 7. The Bertz CT molecular complexity index is 995. The maximum Gasteiger partial charge on any atom is 0.234 e. The number of ether oxygens (including phenoxy) is 2. The maximum atomic E-state index is 12.3. The monoisotopic (exact) mass is 419 g/mol. The lowest BCUT2D eigenvalue weighted by Crippen LogP contribution is -2.16. The second-order valence-electron chi connectivity index (χ2n) is 5.59. The lowest BCUT2D eigenvalue weighted by Gasteiger charge is -2.11. The normalized spacial score (nSPS) is 10.5. The van der Waals surface area contributed by atoms with Gasteiger partial charge < -0.3 is 20.6 Å². The predicted octanol–water partition coefficient (Wildman–Crippen LogP) is 3.06. The van der Waals surface area contributed by atoms with Crippen molar-refractivity contribution in [2.24, 2.45) is 0 Å². The maximum absolute atomic E-state index is 12.3. The summed E-state index contributed by atoms with van der Waals surface area (Å²) in [4.78, 5) is 12.3. The summed E-state index contributed by atoms with van der Waals surface area (Å²) in [7, 11) is 3.08. The number of thioether (sulfide) groups is 1. The average molecular weight is 420 g/mol. The molecule has 0 aliphatic rings. The summed E-state index contributed by atoms with van der Waals surface area (Å²) in [6, 6.07) is 12.3. The molecule has 0 fully saturated rings. The van der Waals surface area contributed by atoms with E-state index in [4.69, 9.17) is 26.9 Å². The largest absolute Gasteiger partial charge is 0.497 e. The number of nitrogens with one attached hydrogen (secondary N) is 1. The zero-order valence-electron chi connectivity index (χ0n) is 15.2. The van der Waals surface area contributed by atoms with Crippen molar-refractivity contribution in [3.63, 3.8) is 0 Å². The van der Waals surface area contributed by atoms with E-state index in [1.807, 2.05) is 6.07 Å². The van der Waals surface area contributed by atoms with Gasteiger partial charge in [0.05, 0.1) is 25.7 Å². The minimum absolute atomic E-state index is 0.0973. The van der Waals surface area contributed by atoms with Crippen molar-refractivity contribution in [3.8, 4) is 22.9 Å². The van der Waals surface area contributed by atoms with Gasteiger partial charge in [0.25, 0.3) is 0 Å². The number of nitrogens with two attached hydrogens (primary N) is 1. The summed E-state index contributed by atoms with van der Waals surface area (Å²) in [6.45, 7) is 0. The van der Waals surface area contributed by atoms with E-state index in [0.29, 0.717) is 33.2 Å². The predicted molar refractivity (Wildman–Crippen MR) is 110 cm³/mol. The third-order valence-electron chi connectivity index (χ3n) is 3.76. The van der Waals surface area contributed by atoms with Gasteiger partial charge in [0.2, 0.25) is 11.1 Å². The number of nitrogens with zero attached hydrogens (tertiary/aromatic N) is 3. The van der Waals surface area contributed by atoms with Crippen molar-refractivity contribution in [2.75, 3.05) is 31.1 Å². The summed E-state index contributed by atoms with van der Waals surface area (Å²) in [5.74, 6) is 7.52. The Kier molecular flexibility index (Phi) is 6.27. The number of benzene rings is 2. The second-order valence-corrected chi connectivity index (χ2v) is 6.97. The highest BCUT2D eigenvalue weighted by molar-refractivity contribution is 7.99. The molecule has 8 nitrogen and oxygen atoms in total. The van der Waals surface area contributed by atoms with E-state index in [9.17, 15) is 4.79 Å². The molecule has 0 bridgehead atoms. The molecule has 3 aromatic rings. The third-order valence-corrected chi connectivity index (χ3v) is 4.94. The number of rotatable bonds is 7. The summed E-state index contributed by atoms with van der Waals surface area (Å²) < 4.78 is 11.7.